The van der Waals surface area contributed by atoms with Crippen LogP contribution in [0.5, 0.6) is 0 Å². The van der Waals surface area contributed by atoms with Gasteiger partial charge in [0, 0.05) is 27.1 Å². The number of carboxylic acids is 1. The quantitative estimate of drug-likeness (QED) is 0.606. The maximum absolute atomic E-state index is 11.4. The number of aliphatic carboxylic acids is 1. The predicted octanol–water partition coefficient (Wildman–Crippen LogP) is -1.41. The van der Waals surface area contributed by atoms with Crippen molar-refractivity contribution in [2.75, 3.05) is 27.2 Å². The number of hydrogen-bond donors (Lipinski definition) is 2. The monoisotopic (exact) mass is 216 g/mol. The zero-order chi connectivity index (χ0) is 11.6. The van der Waals surface area contributed by atoms with Crippen LogP contribution >= 0.6 is 0 Å². The minimum absolute atomic E-state index is 0.0427. The fourth-order valence-electron chi connectivity index (χ4n) is 1.63. The maximum atomic E-state index is 11.4. The van der Waals surface area contributed by atoms with Crippen molar-refractivity contribution in [1.29, 1.82) is 0 Å². The molecule has 0 aromatic heterocycles. The normalized spacial score (nSPS) is 26.6. The lowest BCUT2D eigenvalue weighted by atomic mass is 10.2. The number of β-amino-alcohol motifs (C(OH)–C–C–N with tert-alkyl or cyclic N) is 1. The number of carbonyl (C=O) groups is 2. The summed E-state index contributed by atoms with van der Waals surface area (Å²) in [4.78, 5) is 25.1. The topological polar surface area (TPSA) is 81.1 Å². The van der Waals surface area contributed by atoms with Crippen molar-refractivity contribution in [2.24, 2.45) is 0 Å². The number of aliphatic hydroxyl groups excluding tert-OH is 1. The van der Waals surface area contributed by atoms with E-state index in [2.05, 4.69) is 0 Å². The van der Waals surface area contributed by atoms with Gasteiger partial charge in [0.25, 0.3) is 0 Å². The summed E-state index contributed by atoms with van der Waals surface area (Å²) < 4.78 is 0. The van der Waals surface area contributed by atoms with Gasteiger partial charge in [-0.15, -0.1) is 0 Å². The summed E-state index contributed by atoms with van der Waals surface area (Å²) in [7, 11) is 3.23. The molecule has 0 saturated carbocycles. The molecule has 0 aromatic carbocycles. The van der Waals surface area contributed by atoms with E-state index in [1.165, 1.54) is 9.80 Å². The lowest BCUT2D eigenvalue weighted by Gasteiger charge is -2.21. The first-order valence-electron chi connectivity index (χ1n) is 4.77. The number of nitrogens with zero attached hydrogens (tertiary/aromatic N) is 2. The summed E-state index contributed by atoms with van der Waals surface area (Å²) in [5.74, 6) is -1.14. The molecule has 0 bridgehead atoms. The third kappa shape index (κ3) is 2.90. The second-order valence-corrected chi connectivity index (χ2v) is 3.96. The third-order valence-electron chi connectivity index (χ3n) is 2.50. The van der Waals surface area contributed by atoms with Crippen molar-refractivity contribution >= 4 is 11.9 Å². The molecule has 1 heterocycles. The van der Waals surface area contributed by atoms with Gasteiger partial charge in [-0.05, 0) is 0 Å². The Hall–Kier alpha value is -1.14. The zero-order valence-corrected chi connectivity index (χ0v) is 8.88. The van der Waals surface area contributed by atoms with Crippen LogP contribution in [0.2, 0.25) is 0 Å². The molecule has 2 N–H and O–H groups in total. The Bertz CT molecular complexity index is 267. The molecule has 1 amide bonds. The largest absolute Gasteiger partial charge is 0.480 e. The number of likely N-dealkylation sites (N-methyl/N-ethyl adjacent to an activating group) is 1. The highest BCUT2D eigenvalue weighted by Crippen LogP contribution is 2.17. The third-order valence-corrected chi connectivity index (χ3v) is 2.50. The van der Waals surface area contributed by atoms with Crippen molar-refractivity contribution in [3.63, 3.8) is 0 Å². The highest BCUT2D eigenvalue weighted by atomic mass is 16.4. The maximum Gasteiger partial charge on any atom is 0.321 e. The van der Waals surface area contributed by atoms with Gasteiger partial charge < -0.3 is 15.1 Å². The van der Waals surface area contributed by atoms with Crippen LogP contribution in [0.4, 0.5) is 0 Å². The van der Waals surface area contributed by atoms with Crippen LogP contribution < -0.4 is 0 Å². The molecular weight excluding hydrogens is 200 g/mol. The van der Waals surface area contributed by atoms with Gasteiger partial charge in [-0.25, -0.2) is 0 Å². The highest BCUT2D eigenvalue weighted by molar-refractivity contribution is 5.80. The van der Waals surface area contributed by atoms with E-state index < -0.39 is 18.1 Å². The minimum atomic E-state index is -0.988. The first kappa shape index (κ1) is 11.9. The Morgan fingerprint density at radius 3 is 2.53 bits per heavy atom. The van der Waals surface area contributed by atoms with Gasteiger partial charge in [-0.1, -0.05) is 0 Å². The molecule has 1 fully saturated rings. The predicted molar refractivity (Wildman–Crippen MR) is 52.3 cm³/mol. The molecule has 2 unspecified atom stereocenters. The molecule has 0 spiro atoms. The molecule has 2 atom stereocenters. The van der Waals surface area contributed by atoms with Crippen molar-refractivity contribution in [1.82, 2.24) is 9.80 Å². The van der Waals surface area contributed by atoms with E-state index in [9.17, 15) is 14.7 Å². The standard InChI is InChI=1S/C9H16N2O4/c1-10(2)8(13)5-11-4-6(12)3-7(11)9(14)15/h6-7,12H,3-5H2,1-2H3,(H,14,15). The van der Waals surface area contributed by atoms with Crippen LogP contribution in [-0.2, 0) is 9.59 Å². The number of hydrogen-bond acceptors (Lipinski definition) is 4. The van der Waals surface area contributed by atoms with Crippen LogP contribution in [0, 0.1) is 0 Å². The lowest BCUT2D eigenvalue weighted by molar-refractivity contribution is -0.143. The Morgan fingerprint density at radius 2 is 2.07 bits per heavy atom. The average Bonchev–Trinajstić information content (AvgIpc) is 2.46. The number of aliphatic hydroxyl groups is 1. The average molecular weight is 216 g/mol. The number of rotatable bonds is 3. The highest BCUT2D eigenvalue weighted by Gasteiger charge is 2.36. The Balaban J connectivity index is 2.60. The fraction of sp³-hybridized carbons (Fsp3) is 0.778. The molecule has 0 aliphatic carbocycles. The molecule has 1 saturated heterocycles. The Morgan fingerprint density at radius 1 is 1.47 bits per heavy atom. The zero-order valence-electron chi connectivity index (χ0n) is 8.88. The smallest absolute Gasteiger partial charge is 0.321 e. The summed E-state index contributed by atoms with van der Waals surface area (Å²) in [6.45, 7) is 0.289. The van der Waals surface area contributed by atoms with Crippen molar-refractivity contribution in [3.05, 3.63) is 0 Å². The van der Waals surface area contributed by atoms with Crippen LogP contribution in [0.3, 0.4) is 0 Å². The molecule has 0 aromatic rings. The van der Waals surface area contributed by atoms with Crippen molar-refractivity contribution < 1.29 is 19.8 Å². The first-order valence-corrected chi connectivity index (χ1v) is 4.77. The van der Waals surface area contributed by atoms with Gasteiger partial charge in [-0.2, -0.15) is 0 Å². The number of likely N-dealkylation sites (tertiary alicyclic amines) is 1. The molecule has 1 aliphatic rings. The SMILES string of the molecule is CN(C)C(=O)CN1CC(O)CC1C(=O)O. The van der Waals surface area contributed by atoms with Gasteiger partial charge in [-0.3, -0.25) is 14.5 Å². The molecular formula is C9H16N2O4. The molecule has 0 radical (unpaired) electrons. The minimum Gasteiger partial charge on any atom is -0.480 e. The summed E-state index contributed by atoms with van der Waals surface area (Å²) in [6, 6.07) is -0.746. The van der Waals surface area contributed by atoms with E-state index in [0.29, 0.717) is 0 Å². The van der Waals surface area contributed by atoms with Crippen LogP contribution in [0.15, 0.2) is 0 Å². The van der Waals surface area contributed by atoms with Gasteiger partial charge in [0.05, 0.1) is 12.6 Å². The lowest BCUT2D eigenvalue weighted by Crippen LogP contribution is -2.42. The number of amides is 1. The summed E-state index contributed by atoms with van der Waals surface area (Å²) in [5, 5.41) is 18.2. The van der Waals surface area contributed by atoms with Crippen LogP contribution in [-0.4, -0.2) is 71.2 Å². The summed E-state index contributed by atoms with van der Waals surface area (Å²) >= 11 is 0. The van der Waals surface area contributed by atoms with E-state index in [0.717, 1.165) is 0 Å². The van der Waals surface area contributed by atoms with Gasteiger partial charge in [0.15, 0.2) is 0 Å². The van der Waals surface area contributed by atoms with E-state index in [-0.39, 0.29) is 25.4 Å². The molecule has 86 valence electrons. The van der Waals surface area contributed by atoms with Gasteiger partial charge in [0.1, 0.15) is 6.04 Å². The van der Waals surface area contributed by atoms with Crippen LogP contribution in [0.25, 0.3) is 0 Å². The Kier molecular flexibility index (Phi) is 3.65. The summed E-state index contributed by atoms with van der Waals surface area (Å²) in [5.41, 5.74) is 0. The van der Waals surface area contributed by atoms with Gasteiger partial charge >= 0.3 is 5.97 Å². The molecule has 6 heteroatoms. The fourth-order valence-corrected chi connectivity index (χ4v) is 1.63. The van der Waals surface area contributed by atoms with E-state index in [4.69, 9.17) is 5.11 Å². The van der Waals surface area contributed by atoms with Gasteiger partial charge in [0.2, 0.25) is 5.91 Å². The second-order valence-electron chi connectivity index (χ2n) is 3.96. The number of carboxylic acid groups (broad SMARTS) is 1. The molecule has 15 heavy (non-hydrogen) atoms. The van der Waals surface area contributed by atoms with E-state index in [1.807, 2.05) is 0 Å². The number of carbonyl (C=O) groups excluding carboxylic acids is 1. The van der Waals surface area contributed by atoms with E-state index in [1.54, 1.807) is 14.1 Å². The second kappa shape index (κ2) is 4.59. The van der Waals surface area contributed by atoms with E-state index >= 15 is 0 Å². The summed E-state index contributed by atoms with van der Waals surface area (Å²) in [6.07, 6.45) is -0.461. The first-order chi connectivity index (χ1) is 6.91. The van der Waals surface area contributed by atoms with Crippen molar-refractivity contribution in [2.45, 2.75) is 18.6 Å². The van der Waals surface area contributed by atoms with Crippen molar-refractivity contribution in [3.8, 4) is 0 Å². The molecule has 1 aliphatic heterocycles. The Labute approximate surface area is 88.1 Å². The molecule has 1 rings (SSSR count). The van der Waals surface area contributed by atoms with Crippen LogP contribution in [0.1, 0.15) is 6.42 Å². The molecule has 6 nitrogen and oxygen atoms in total.